The largest absolute Gasteiger partial charge is 0.371 e. The number of carbonyl (C=O) groups is 1. The smallest absolute Gasteiger partial charge is 0.318 e. The Balaban J connectivity index is 1.89. The minimum absolute atomic E-state index is 0.00734. The number of hydrogen-bond donors (Lipinski definition) is 1. The minimum atomic E-state index is 0.00734. The van der Waals surface area contributed by atoms with Crippen LogP contribution in [0, 0.1) is 0 Å². The predicted molar refractivity (Wildman–Crippen MR) is 84.3 cm³/mol. The van der Waals surface area contributed by atoms with Crippen LogP contribution in [0.3, 0.4) is 0 Å². The normalized spacial score (nSPS) is 29.2. The lowest BCUT2D eigenvalue weighted by atomic mass is 10.0. The zero-order valence-corrected chi connectivity index (χ0v) is 13.4. The molecule has 2 amide bonds. The molecule has 1 N–H and O–H groups in total. The van der Waals surface area contributed by atoms with E-state index in [-0.39, 0.29) is 30.3 Å². The van der Waals surface area contributed by atoms with Gasteiger partial charge in [0.25, 0.3) is 0 Å². The molecule has 0 spiro atoms. The molecule has 1 aliphatic heterocycles. The number of rotatable bonds is 3. The van der Waals surface area contributed by atoms with Crippen LogP contribution in [0.2, 0.25) is 0 Å². The van der Waals surface area contributed by atoms with Gasteiger partial charge in [0.15, 0.2) is 0 Å². The van der Waals surface area contributed by atoms with Crippen molar-refractivity contribution in [3.8, 4) is 0 Å². The molecule has 4 atom stereocenters. The van der Waals surface area contributed by atoms with E-state index in [1.165, 1.54) is 5.56 Å². The summed E-state index contributed by atoms with van der Waals surface area (Å²) in [5, 5.41) is 3.03. The summed E-state index contributed by atoms with van der Waals surface area (Å²) in [5.74, 6) is 0. The van der Waals surface area contributed by atoms with Gasteiger partial charge in [0.1, 0.15) is 0 Å². The highest BCUT2D eigenvalue weighted by Gasteiger charge is 2.37. The molecule has 0 unspecified atom stereocenters. The van der Waals surface area contributed by atoms with Crippen LogP contribution >= 0.6 is 0 Å². The second kappa shape index (κ2) is 6.94. The zero-order valence-electron chi connectivity index (χ0n) is 13.4. The van der Waals surface area contributed by atoms with Gasteiger partial charge in [-0.2, -0.15) is 0 Å². The molecular weight excluding hydrogens is 264 g/mol. The SMILES string of the molecule is C[C@@H]1O[C@@H](C)[C@H](C)N(C(=O)NCCc2ccccc2)[C@@H]1C. The molecule has 1 aliphatic rings. The summed E-state index contributed by atoms with van der Waals surface area (Å²) < 4.78 is 5.84. The molecule has 116 valence electrons. The third kappa shape index (κ3) is 3.76. The Hall–Kier alpha value is -1.55. The van der Waals surface area contributed by atoms with Crippen LogP contribution in [0.15, 0.2) is 30.3 Å². The van der Waals surface area contributed by atoms with Crippen molar-refractivity contribution in [1.29, 1.82) is 0 Å². The van der Waals surface area contributed by atoms with Gasteiger partial charge in [-0.05, 0) is 39.7 Å². The summed E-state index contributed by atoms with van der Waals surface area (Å²) in [4.78, 5) is 14.4. The Morgan fingerprint density at radius 3 is 2.24 bits per heavy atom. The van der Waals surface area contributed by atoms with E-state index in [2.05, 4.69) is 17.4 Å². The molecule has 1 aromatic carbocycles. The van der Waals surface area contributed by atoms with Gasteiger partial charge in [0.05, 0.1) is 24.3 Å². The lowest BCUT2D eigenvalue weighted by Crippen LogP contribution is -2.61. The summed E-state index contributed by atoms with van der Waals surface area (Å²) in [7, 11) is 0. The lowest BCUT2D eigenvalue weighted by molar-refractivity contribution is -0.111. The molecule has 1 fully saturated rings. The number of morpholine rings is 1. The van der Waals surface area contributed by atoms with Gasteiger partial charge < -0.3 is 15.0 Å². The first-order valence-corrected chi connectivity index (χ1v) is 7.76. The fraction of sp³-hybridized carbons (Fsp3) is 0.588. The average molecular weight is 290 g/mol. The van der Waals surface area contributed by atoms with Crippen molar-refractivity contribution in [1.82, 2.24) is 10.2 Å². The predicted octanol–water partition coefficient (Wildman–Crippen LogP) is 2.82. The van der Waals surface area contributed by atoms with Gasteiger partial charge in [0, 0.05) is 6.54 Å². The minimum Gasteiger partial charge on any atom is -0.371 e. The molecule has 0 saturated carbocycles. The van der Waals surface area contributed by atoms with E-state index in [4.69, 9.17) is 4.74 Å². The van der Waals surface area contributed by atoms with Crippen molar-refractivity contribution >= 4 is 6.03 Å². The fourth-order valence-corrected chi connectivity index (χ4v) is 2.81. The third-order valence-electron chi connectivity index (χ3n) is 4.43. The third-order valence-corrected chi connectivity index (χ3v) is 4.43. The van der Waals surface area contributed by atoms with Crippen LogP contribution in [-0.4, -0.2) is 41.8 Å². The van der Waals surface area contributed by atoms with E-state index >= 15 is 0 Å². The second-order valence-electron chi connectivity index (χ2n) is 5.90. The maximum atomic E-state index is 12.5. The maximum absolute atomic E-state index is 12.5. The highest BCUT2D eigenvalue weighted by molar-refractivity contribution is 5.75. The number of benzene rings is 1. The molecule has 4 nitrogen and oxygen atoms in total. The van der Waals surface area contributed by atoms with Gasteiger partial charge in [-0.1, -0.05) is 30.3 Å². The Labute approximate surface area is 127 Å². The summed E-state index contributed by atoms with van der Waals surface area (Å²) in [5.41, 5.74) is 1.24. The fourth-order valence-electron chi connectivity index (χ4n) is 2.81. The highest BCUT2D eigenvalue weighted by atomic mass is 16.5. The Bertz CT molecular complexity index is 449. The number of urea groups is 1. The molecule has 0 aromatic heterocycles. The molecule has 1 saturated heterocycles. The van der Waals surface area contributed by atoms with E-state index in [9.17, 15) is 4.79 Å². The monoisotopic (exact) mass is 290 g/mol. The lowest BCUT2D eigenvalue weighted by Gasteiger charge is -2.45. The molecular formula is C17H26N2O2. The quantitative estimate of drug-likeness (QED) is 0.930. The van der Waals surface area contributed by atoms with E-state index in [0.717, 1.165) is 6.42 Å². The van der Waals surface area contributed by atoms with Crippen LogP contribution in [0.4, 0.5) is 4.79 Å². The molecule has 4 heteroatoms. The van der Waals surface area contributed by atoms with Gasteiger partial charge in [-0.3, -0.25) is 0 Å². The molecule has 0 radical (unpaired) electrons. The van der Waals surface area contributed by atoms with E-state index in [1.807, 2.05) is 50.8 Å². The van der Waals surface area contributed by atoms with Crippen LogP contribution < -0.4 is 5.32 Å². The van der Waals surface area contributed by atoms with E-state index < -0.39 is 0 Å². The number of ether oxygens (including phenoxy) is 1. The number of nitrogens with one attached hydrogen (secondary N) is 1. The Morgan fingerprint density at radius 1 is 1.10 bits per heavy atom. The van der Waals surface area contributed by atoms with Crippen LogP contribution in [0.5, 0.6) is 0 Å². The summed E-state index contributed by atoms with van der Waals surface area (Å²) in [6, 6.07) is 10.4. The number of carbonyl (C=O) groups excluding carboxylic acids is 1. The summed E-state index contributed by atoms with van der Waals surface area (Å²) >= 11 is 0. The number of nitrogens with zero attached hydrogens (tertiary/aromatic N) is 1. The van der Waals surface area contributed by atoms with Gasteiger partial charge in [-0.15, -0.1) is 0 Å². The van der Waals surface area contributed by atoms with Gasteiger partial charge in [0.2, 0.25) is 0 Å². The molecule has 2 rings (SSSR count). The maximum Gasteiger partial charge on any atom is 0.318 e. The van der Waals surface area contributed by atoms with Crippen molar-refractivity contribution < 1.29 is 9.53 Å². The molecule has 21 heavy (non-hydrogen) atoms. The summed E-state index contributed by atoms with van der Waals surface area (Å²) in [6.07, 6.45) is 0.984. The molecule has 0 bridgehead atoms. The number of amides is 2. The molecule has 1 heterocycles. The number of hydrogen-bond acceptors (Lipinski definition) is 2. The van der Waals surface area contributed by atoms with E-state index in [0.29, 0.717) is 6.54 Å². The summed E-state index contributed by atoms with van der Waals surface area (Å²) in [6.45, 7) is 8.80. The first-order chi connectivity index (χ1) is 10.0. The van der Waals surface area contributed by atoms with Crippen molar-refractivity contribution in [3.05, 3.63) is 35.9 Å². The second-order valence-corrected chi connectivity index (χ2v) is 5.90. The first kappa shape index (κ1) is 15.8. The van der Waals surface area contributed by atoms with Crippen LogP contribution in [0.1, 0.15) is 33.3 Å². The molecule has 0 aliphatic carbocycles. The van der Waals surface area contributed by atoms with Crippen LogP contribution in [0.25, 0.3) is 0 Å². The highest BCUT2D eigenvalue weighted by Crippen LogP contribution is 2.23. The van der Waals surface area contributed by atoms with Crippen molar-refractivity contribution in [3.63, 3.8) is 0 Å². The first-order valence-electron chi connectivity index (χ1n) is 7.76. The topological polar surface area (TPSA) is 41.6 Å². The Morgan fingerprint density at radius 2 is 1.67 bits per heavy atom. The Kier molecular flexibility index (Phi) is 5.23. The van der Waals surface area contributed by atoms with Crippen molar-refractivity contribution in [2.24, 2.45) is 0 Å². The van der Waals surface area contributed by atoms with Crippen LogP contribution in [-0.2, 0) is 11.2 Å². The van der Waals surface area contributed by atoms with Gasteiger partial charge in [-0.25, -0.2) is 4.79 Å². The zero-order chi connectivity index (χ0) is 15.4. The molecule has 1 aromatic rings. The standard InChI is InChI=1S/C17H26N2O2/c1-12-14(3)21-15(4)13(2)19(12)17(20)18-11-10-16-8-6-5-7-9-16/h5-9,12-15H,10-11H2,1-4H3,(H,18,20)/t12-,13+,14-,15-/m0/s1. The van der Waals surface area contributed by atoms with E-state index in [1.54, 1.807) is 0 Å². The van der Waals surface area contributed by atoms with Crippen molar-refractivity contribution in [2.45, 2.75) is 58.4 Å². The van der Waals surface area contributed by atoms with Gasteiger partial charge >= 0.3 is 6.03 Å². The average Bonchev–Trinajstić information content (AvgIpc) is 2.46. The van der Waals surface area contributed by atoms with Crippen molar-refractivity contribution in [2.75, 3.05) is 6.54 Å².